The van der Waals surface area contributed by atoms with Crippen molar-refractivity contribution in [3.05, 3.63) is 17.0 Å². The molecular formula is C9H11NO6S2. The Kier molecular flexibility index (Phi) is 4.82. The molecule has 0 aliphatic heterocycles. The number of hydrogen-bond donors (Lipinski definition) is 2. The Morgan fingerprint density at radius 1 is 1.44 bits per heavy atom. The average molecular weight is 293 g/mol. The Bertz CT molecular complexity index is 547. The molecule has 1 rings (SSSR count). The molecular weight excluding hydrogens is 282 g/mol. The quantitative estimate of drug-likeness (QED) is 0.704. The van der Waals surface area contributed by atoms with Crippen molar-refractivity contribution in [2.24, 2.45) is 0 Å². The first kappa shape index (κ1) is 14.6. The van der Waals surface area contributed by atoms with Crippen LogP contribution in [0.5, 0.6) is 0 Å². The van der Waals surface area contributed by atoms with E-state index in [-0.39, 0.29) is 10.6 Å². The van der Waals surface area contributed by atoms with E-state index >= 15 is 0 Å². The summed E-state index contributed by atoms with van der Waals surface area (Å²) in [7, 11) is -2.66. The maximum atomic E-state index is 11.7. The highest BCUT2D eigenvalue weighted by atomic mass is 32.2. The largest absolute Gasteiger partial charge is 0.481 e. The summed E-state index contributed by atoms with van der Waals surface area (Å²) >= 11 is 0.844. The lowest BCUT2D eigenvalue weighted by Crippen LogP contribution is -2.29. The lowest BCUT2D eigenvalue weighted by atomic mass is 10.3. The Hall–Kier alpha value is -1.45. The van der Waals surface area contributed by atoms with Gasteiger partial charge < -0.3 is 9.84 Å². The number of aliphatic carboxylic acids is 1. The van der Waals surface area contributed by atoms with Crippen molar-refractivity contribution in [3.8, 4) is 0 Å². The molecule has 0 unspecified atom stereocenters. The maximum absolute atomic E-state index is 11.7. The summed E-state index contributed by atoms with van der Waals surface area (Å²) in [5, 5.41) is 8.57. The first-order valence-electron chi connectivity index (χ1n) is 4.72. The number of hydrogen-bond acceptors (Lipinski definition) is 6. The molecule has 0 aliphatic carbocycles. The van der Waals surface area contributed by atoms with Crippen LogP contribution in [0.3, 0.4) is 0 Å². The van der Waals surface area contributed by atoms with Gasteiger partial charge in [0.15, 0.2) is 0 Å². The fourth-order valence-corrected chi connectivity index (χ4v) is 3.40. The minimum Gasteiger partial charge on any atom is -0.481 e. The smallest absolute Gasteiger partial charge is 0.320 e. The van der Waals surface area contributed by atoms with Gasteiger partial charge in [-0.1, -0.05) is 0 Å². The average Bonchev–Trinajstić information content (AvgIpc) is 2.74. The van der Waals surface area contributed by atoms with Crippen molar-refractivity contribution in [2.45, 2.75) is 10.6 Å². The zero-order valence-corrected chi connectivity index (χ0v) is 11.0. The summed E-state index contributed by atoms with van der Waals surface area (Å²) < 4.78 is 29.7. The number of carboxylic acid groups (broad SMARTS) is 1. The van der Waals surface area contributed by atoms with Crippen LogP contribution >= 0.6 is 11.3 Å². The van der Waals surface area contributed by atoms with Gasteiger partial charge in [-0.05, 0) is 12.1 Å². The standard InChI is InChI=1S/C9H11NO6S2/c1-16-8(13)5-10-18(14,15)9-3-2-6(17-9)4-7(11)12/h2-3,10H,4-5H2,1H3,(H,11,12). The van der Waals surface area contributed by atoms with E-state index in [4.69, 9.17) is 5.11 Å². The van der Waals surface area contributed by atoms with Crippen LogP contribution in [0.1, 0.15) is 4.88 Å². The number of carbonyl (C=O) groups excluding carboxylic acids is 1. The second-order valence-corrected chi connectivity index (χ2v) is 6.35. The highest BCUT2D eigenvalue weighted by Gasteiger charge is 2.18. The van der Waals surface area contributed by atoms with Crippen molar-refractivity contribution in [2.75, 3.05) is 13.7 Å². The lowest BCUT2D eigenvalue weighted by molar-refractivity contribution is -0.139. The van der Waals surface area contributed by atoms with Gasteiger partial charge in [0.25, 0.3) is 10.0 Å². The van der Waals surface area contributed by atoms with Gasteiger partial charge in [-0.2, -0.15) is 4.72 Å². The predicted molar refractivity (Wildman–Crippen MR) is 62.9 cm³/mol. The van der Waals surface area contributed by atoms with E-state index in [0.717, 1.165) is 18.4 Å². The van der Waals surface area contributed by atoms with E-state index < -0.39 is 28.5 Å². The van der Waals surface area contributed by atoms with Gasteiger partial charge in [-0.3, -0.25) is 9.59 Å². The summed E-state index contributed by atoms with van der Waals surface area (Å²) in [6, 6.07) is 2.72. The Balaban J connectivity index is 2.76. The van der Waals surface area contributed by atoms with Crippen molar-refractivity contribution < 1.29 is 27.9 Å². The number of sulfonamides is 1. The van der Waals surface area contributed by atoms with Crippen molar-refractivity contribution in [1.29, 1.82) is 0 Å². The molecule has 0 radical (unpaired) electrons. The van der Waals surface area contributed by atoms with Crippen LogP contribution in [0.2, 0.25) is 0 Å². The fourth-order valence-electron chi connectivity index (χ4n) is 1.04. The van der Waals surface area contributed by atoms with Gasteiger partial charge in [0.1, 0.15) is 10.8 Å². The molecule has 0 fully saturated rings. The first-order valence-corrected chi connectivity index (χ1v) is 7.02. The number of ether oxygens (including phenoxy) is 1. The number of carbonyl (C=O) groups is 2. The molecule has 1 aromatic heterocycles. The van der Waals surface area contributed by atoms with Gasteiger partial charge in [0, 0.05) is 4.88 Å². The third kappa shape index (κ3) is 4.09. The number of carboxylic acids is 1. The van der Waals surface area contributed by atoms with Crippen LogP contribution in [0, 0.1) is 0 Å². The van der Waals surface area contributed by atoms with Crippen LogP contribution in [-0.4, -0.2) is 39.1 Å². The van der Waals surface area contributed by atoms with Gasteiger partial charge in [0.2, 0.25) is 0 Å². The molecule has 0 aliphatic rings. The third-order valence-electron chi connectivity index (χ3n) is 1.86. The Morgan fingerprint density at radius 2 is 2.11 bits per heavy atom. The van der Waals surface area contributed by atoms with Crippen LogP contribution in [0.25, 0.3) is 0 Å². The van der Waals surface area contributed by atoms with Gasteiger partial charge in [0.05, 0.1) is 13.5 Å². The molecule has 9 heteroatoms. The van der Waals surface area contributed by atoms with Crippen LogP contribution in [0.4, 0.5) is 0 Å². The highest BCUT2D eigenvalue weighted by Crippen LogP contribution is 2.21. The van der Waals surface area contributed by atoms with Gasteiger partial charge >= 0.3 is 11.9 Å². The molecule has 0 amide bonds. The fraction of sp³-hybridized carbons (Fsp3) is 0.333. The van der Waals surface area contributed by atoms with Crippen LogP contribution in [-0.2, 0) is 30.8 Å². The molecule has 100 valence electrons. The molecule has 0 saturated carbocycles. The second kappa shape index (κ2) is 5.94. The minimum absolute atomic E-state index is 0.0392. The summed E-state index contributed by atoms with van der Waals surface area (Å²) in [5.41, 5.74) is 0. The zero-order valence-electron chi connectivity index (χ0n) is 9.37. The number of nitrogens with one attached hydrogen (secondary N) is 1. The predicted octanol–water partition coefficient (Wildman–Crippen LogP) is -0.174. The van der Waals surface area contributed by atoms with Crippen LogP contribution < -0.4 is 4.72 Å². The monoisotopic (exact) mass is 293 g/mol. The Morgan fingerprint density at radius 3 is 2.67 bits per heavy atom. The zero-order chi connectivity index (χ0) is 13.8. The second-order valence-electron chi connectivity index (χ2n) is 3.19. The van der Waals surface area contributed by atoms with Crippen molar-refractivity contribution in [1.82, 2.24) is 4.72 Å². The molecule has 2 N–H and O–H groups in total. The van der Waals surface area contributed by atoms with E-state index in [9.17, 15) is 18.0 Å². The highest BCUT2D eigenvalue weighted by molar-refractivity contribution is 7.91. The van der Waals surface area contributed by atoms with E-state index in [2.05, 4.69) is 9.46 Å². The number of thiophene rings is 1. The van der Waals surface area contributed by atoms with Crippen molar-refractivity contribution >= 4 is 33.3 Å². The normalized spacial score (nSPS) is 11.2. The number of esters is 1. The van der Waals surface area contributed by atoms with Crippen LogP contribution in [0.15, 0.2) is 16.3 Å². The summed E-state index contributed by atoms with van der Waals surface area (Å²) in [5.74, 6) is -1.75. The molecule has 0 atom stereocenters. The van der Waals surface area contributed by atoms with Gasteiger partial charge in [-0.15, -0.1) is 11.3 Å². The molecule has 0 aromatic carbocycles. The minimum atomic E-state index is -3.81. The summed E-state index contributed by atoms with van der Waals surface area (Å²) in [6.07, 6.45) is -0.239. The Labute approximate surface area is 107 Å². The molecule has 1 aromatic rings. The number of rotatable bonds is 6. The molecule has 0 bridgehead atoms. The maximum Gasteiger partial charge on any atom is 0.320 e. The first-order chi connectivity index (χ1) is 8.35. The lowest BCUT2D eigenvalue weighted by Gasteiger charge is -2.02. The van der Waals surface area contributed by atoms with E-state index in [1.165, 1.54) is 12.1 Å². The van der Waals surface area contributed by atoms with E-state index in [1.807, 2.05) is 0 Å². The topological polar surface area (TPSA) is 110 Å². The van der Waals surface area contributed by atoms with Crippen molar-refractivity contribution in [3.63, 3.8) is 0 Å². The summed E-state index contributed by atoms with van der Waals surface area (Å²) in [6.45, 7) is -0.467. The molecule has 7 nitrogen and oxygen atoms in total. The summed E-state index contributed by atoms with van der Waals surface area (Å²) in [4.78, 5) is 21.7. The van der Waals surface area contributed by atoms with E-state index in [0.29, 0.717) is 4.88 Å². The van der Waals surface area contributed by atoms with Gasteiger partial charge in [-0.25, -0.2) is 8.42 Å². The SMILES string of the molecule is COC(=O)CNS(=O)(=O)c1ccc(CC(=O)O)s1. The van der Waals surface area contributed by atoms with E-state index in [1.54, 1.807) is 0 Å². The number of methoxy groups -OCH3 is 1. The molecule has 18 heavy (non-hydrogen) atoms. The molecule has 0 spiro atoms. The molecule has 0 saturated heterocycles. The molecule has 1 heterocycles. The third-order valence-corrected chi connectivity index (χ3v) is 4.84.